The molecule has 0 spiro atoms. The fraction of sp³-hybridized carbons (Fsp3) is 0.833. The van der Waals surface area contributed by atoms with Gasteiger partial charge in [0, 0.05) is 19.6 Å². The Morgan fingerprint density at radius 1 is 1.47 bits per heavy atom. The van der Waals surface area contributed by atoms with Crippen LogP contribution >= 0.6 is 0 Å². The Morgan fingerprint density at radius 2 is 2.18 bits per heavy atom. The Kier molecular flexibility index (Phi) is 5.41. The summed E-state index contributed by atoms with van der Waals surface area (Å²) in [5.41, 5.74) is 0. The van der Waals surface area contributed by atoms with Gasteiger partial charge in [0.15, 0.2) is 0 Å². The smallest absolute Gasteiger partial charge is 0.242 e. The lowest BCUT2D eigenvalue weighted by molar-refractivity contribution is -0.137. The first-order valence-corrected chi connectivity index (χ1v) is 6.34. The third kappa shape index (κ3) is 3.70. The van der Waals surface area contributed by atoms with Gasteiger partial charge >= 0.3 is 0 Å². The van der Waals surface area contributed by atoms with Gasteiger partial charge in [-0.25, -0.2) is 0 Å². The van der Waals surface area contributed by atoms with E-state index >= 15 is 0 Å². The van der Waals surface area contributed by atoms with Crippen LogP contribution in [0.3, 0.4) is 0 Å². The highest BCUT2D eigenvalue weighted by Crippen LogP contribution is 2.17. The fourth-order valence-corrected chi connectivity index (χ4v) is 2.01. The molecule has 5 nitrogen and oxygen atoms in total. The molecule has 0 aromatic carbocycles. The molecule has 17 heavy (non-hydrogen) atoms. The van der Waals surface area contributed by atoms with Crippen molar-refractivity contribution in [1.29, 1.82) is 0 Å². The van der Waals surface area contributed by atoms with E-state index in [9.17, 15) is 9.59 Å². The highest BCUT2D eigenvalue weighted by Gasteiger charge is 2.33. The first kappa shape index (κ1) is 14.0. The van der Waals surface area contributed by atoms with Crippen molar-refractivity contribution in [2.75, 3.05) is 20.1 Å². The molecule has 2 amide bonds. The predicted molar refractivity (Wildman–Crippen MR) is 66.6 cm³/mol. The minimum Gasteiger partial charge on any atom is -0.357 e. The number of carbonyl (C=O) groups is 2. The highest BCUT2D eigenvalue weighted by atomic mass is 16.2. The van der Waals surface area contributed by atoms with Gasteiger partial charge in [-0.2, -0.15) is 0 Å². The summed E-state index contributed by atoms with van der Waals surface area (Å²) >= 11 is 0. The predicted octanol–water partition coefficient (Wildman–Crippen LogP) is 0.112. The van der Waals surface area contributed by atoms with Crippen LogP contribution in [0.1, 0.15) is 33.1 Å². The number of hydrogen-bond donors (Lipinski definition) is 2. The molecule has 0 radical (unpaired) electrons. The molecule has 1 aliphatic rings. The van der Waals surface area contributed by atoms with Crippen LogP contribution in [0, 0.1) is 0 Å². The molecule has 2 unspecified atom stereocenters. The summed E-state index contributed by atoms with van der Waals surface area (Å²) in [6.07, 6.45) is 2.67. The summed E-state index contributed by atoms with van der Waals surface area (Å²) in [5.74, 6) is -0.0317. The summed E-state index contributed by atoms with van der Waals surface area (Å²) in [6, 6.07) is 0.0613. The van der Waals surface area contributed by atoms with E-state index in [4.69, 9.17) is 0 Å². The lowest BCUT2D eigenvalue weighted by Crippen LogP contribution is -2.48. The first-order valence-electron chi connectivity index (χ1n) is 6.34. The largest absolute Gasteiger partial charge is 0.357 e. The van der Waals surface area contributed by atoms with Crippen LogP contribution in [0.15, 0.2) is 0 Å². The Hall–Kier alpha value is -1.10. The summed E-state index contributed by atoms with van der Waals surface area (Å²) in [6.45, 7) is 5.14. The maximum absolute atomic E-state index is 12.0. The quantitative estimate of drug-likeness (QED) is 0.718. The van der Waals surface area contributed by atoms with Crippen LogP contribution in [0.2, 0.25) is 0 Å². The monoisotopic (exact) mass is 241 g/mol. The molecule has 1 heterocycles. The van der Waals surface area contributed by atoms with Crippen molar-refractivity contribution < 1.29 is 9.59 Å². The molecule has 0 aliphatic carbocycles. The average molecular weight is 241 g/mol. The van der Waals surface area contributed by atoms with Gasteiger partial charge in [0.05, 0.1) is 6.54 Å². The van der Waals surface area contributed by atoms with Gasteiger partial charge < -0.3 is 15.5 Å². The Bertz CT molecular complexity index is 281. The zero-order valence-electron chi connectivity index (χ0n) is 11.0. The van der Waals surface area contributed by atoms with Gasteiger partial charge in [-0.1, -0.05) is 6.92 Å². The second-order valence-electron chi connectivity index (χ2n) is 4.55. The number of likely N-dealkylation sites (N-methyl/N-ethyl adjacent to an activating group) is 1. The van der Waals surface area contributed by atoms with Gasteiger partial charge in [0.25, 0.3) is 0 Å². The van der Waals surface area contributed by atoms with Crippen LogP contribution in [-0.2, 0) is 9.59 Å². The summed E-state index contributed by atoms with van der Waals surface area (Å²) in [5, 5.41) is 5.78. The van der Waals surface area contributed by atoms with Crippen LogP contribution in [0.5, 0.6) is 0 Å². The van der Waals surface area contributed by atoms with Crippen molar-refractivity contribution >= 4 is 11.8 Å². The molecule has 0 aromatic rings. The zero-order valence-corrected chi connectivity index (χ0v) is 11.0. The van der Waals surface area contributed by atoms with Crippen molar-refractivity contribution in [1.82, 2.24) is 15.5 Å². The molecule has 98 valence electrons. The maximum Gasteiger partial charge on any atom is 0.242 e. The van der Waals surface area contributed by atoms with Crippen molar-refractivity contribution in [3.05, 3.63) is 0 Å². The number of nitrogens with zero attached hydrogens (tertiary/aromatic N) is 1. The molecule has 5 heteroatoms. The van der Waals surface area contributed by atoms with Gasteiger partial charge in [-0.3, -0.25) is 9.59 Å². The molecule has 1 saturated heterocycles. The summed E-state index contributed by atoms with van der Waals surface area (Å²) in [7, 11) is 1.61. The fourth-order valence-electron chi connectivity index (χ4n) is 2.01. The second-order valence-corrected chi connectivity index (χ2v) is 4.55. The zero-order chi connectivity index (χ0) is 12.8. The molecule has 1 fully saturated rings. The number of carbonyl (C=O) groups excluding carboxylic acids is 2. The van der Waals surface area contributed by atoms with Crippen LogP contribution < -0.4 is 10.6 Å². The lowest BCUT2D eigenvalue weighted by atomic mass is 10.2. The van der Waals surface area contributed by atoms with Gasteiger partial charge in [0.2, 0.25) is 11.8 Å². The Balaban J connectivity index is 2.47. The van der Waals surface area contributed by atoms with E-state index in [2.05, 4.69) is 17.6 Å². The lowest BCUT2D eigenvalue weighted by Gasteiger charge is -2.24. The van der Waals surface area contributed by atoms with E-state index in [1.165, 1.54) is 0 Å². The van der Waals surface area contributed by atoms with Crippen LogP contribution in [0.25, 0.3) is 0 Å². The highest BCUT2D eigenvalue weighted by molar-refractivity contribution is 5.88. The molecular formula is C12H23N3O2. The van der Waals surface area contributed by atoms with Crippen LogP contribution in [0.4, 0.5) is 0 Å². The second kappa shape index (κ2) is 6.59. The minimum atomic E-state index is -0.272. The van der Waals surface area contributed by atoms with Crippen molar-refractivity contribution in [2.24, 2.45) is 0 Å². The molecule has 0 aromatic heterocycles. The number of rotatable bonds is 5. The molecule has 1 aliphatic heterocycles. The maximum atomic E-state index is 12.0. The number of hydrogen-bond acceptors (Lipinski definition) is 3. The van der Waals surface area contributed by atoms with E-state index < -0.39 is 0 Å². The average Bonchev–Trinajstić information content (AvgIpc) is 2.83. The molecular weight excluding hydrogens is 218 g/mol. The van der Waals surface area contributed by atoms with E-state index in [1.807, 2.05) is 6.92 Å². The van der Waals surface area contributed by atoms with Crippen molar-refractivity contribution in [3.8, 4) is 0 Å². The first-order chi connectivity index (χ1) is 8.10. The number of likely N-dealkylation sites (tertiary alicyclic amines) is 1. The normalized spacial score (nSPS) is 21.4. The SMILES string of the molecule is CCC(C)NCC(=O)N1CCCC1C(=O)NC. The number of nitrogens with one attached hydrogen (secondary N) is 2. The summed E-state index contributed by atoms with van der Waals surface area (Å²) < 4.78 is 0. The van der Waals surface area contributed by atoms with Crippen molar-refractivity contribution in [2.45, 2.75) is 45.2 Å². The minimum absolute atomic E-state index is 0.0244. The van der Waals surface area contributed by atoms with Crippen LogP contribution in [-0.4, -0.2) is 48.9 Å². The van der Waals surface area contributed by atoms with Gasteiger partial charge in [-0.15, -0.1) is 0 Å². The van der Waals surface area contributed by atoms with E-state index in [0.29, 0.717) is 19.1 Å². The molecule has 1 rings (SSSR count). The van der Waals surface area contributed by atoms with Gasteiger partial charge in [-0.05, 0) is 26.2 Å². The summed E-state index contributed by atoms with van der Waals surface area (Å²) in [4.78, 5) is 25.3. The molecule has 0 saturated carbocycles. The van der Waals surface area contributed by atoms with E-state index in [1.54, 1.807) is 11.9 Å². The Labute approximate surface area is 103 Å². The molecule has 0 bridgehead atoms. The topological polar surface area (TPSA) is 61.4 Å². The van der Waals surface area contributed by atoms with Gasteiger partial charge in [0.1, 0.15) is 6.04 Å². The standard InChI is InChI=1S/C12H23N3O2/c1-4-9(2)14-8-11(16)15-7-5-6-10(15)12(17)13-3/h9-10,14H,4-8H2,1-3H3,(H,13,17). The third-order valence-corrected chi connectivity index (χ3v) is 3.34. The van der Waals surface area contributed by atoms with Crippen molar-refractivity contribution in [3.63, 3.8) is 0 Å². The van der Waals surface area contributed by atoms with E-state index in [0.717, 1.165) is 19.3 Å². The van der Waals surface area contributed by atoms with E-state index in [-0.39, 0.29) is 17.9 Å². The molecule has 2 atom stereocenters. The molecule has 2 N–H and O–H groups in total. The Morgan fingerprint density at radius 3 is 2.76 bits per heavy atom. The third-order valence-electron chi connectivity index (χ3n) is 3.34. The number of amides is 2.